The molecule has 0 atom stereocenters. The zero-order chi connectivity index (χ0) is 16.5. The summed E-state index contributed by atoms with van der Waals surface area (Å²) >= 11 is 0. The third-order valence-corrected chi connectivity index (χ3v) is 5.20. The Morgan fingerprint density at radius 2 is 1.67 bits per heavy atom. The van der Waals surface area contributed by atoms with Crippen molar-refractivity contribution < 1.29 is 19.1 Å². The Kier molecular flexibility index (Phi) is 4.17. The van der Waals surface area contributed by atoms with Crippen LogP contribution in [0.1, 0.15) is 47.9 Å². The average molecular weight is 329 g/mol. The summed E-state index contributed by atoms with van der Waals surface area (Å²) in [6, 6.07) is 2.32. The fourth-order valence-corrected chi connectivity index (χ4v) is 3.77. The number of hydrogen-bond donors (Lipinski definition) is 1. The first-order valence-electron chi connectivity index (χ1n) is 8.96. The van der Waals surface area contributed by atoms with Gasteiger partial charge in [0, 0.05) is 0 Å². The van der Waals surface area contributed by atoms with Gasteiger partial charge in [0.2, 0.25) is 0 Å². The fourth-order valence-electron chi connectivity index (χ4n) is 3.77. The van der Waals surface area contributed by atoms with Crippen LogP contribution in [-0.2, 0) is 40.0 Å². The Morgan fingerprint density at radius 3 is 2.29 bits per heavy atom. The van der Waals surface area contributed by atoms with Gasteiger partial charge in [-0.15, -0.1) is 0 Å². The Bertz CT molecular complexity index is 646. The van der Waals surface area contributed by atoms with E-state index < -0.39 is 12.1 Å². The molecule has 1 aromatic rings. The molecule has 3 aliphatic rings. The highest BCUT2D eigenvalue weighted by Crippen LogP contribution is 2.38. The van der Waals surface area contributed by atoms with Gasteiger partial charge in [-0.2, -0.15) is 0 Å². The zero-order valence-electron chi connectivity index (χ0n) is 13.9. The number of ether oxygens (including phenoxy) is 2. The fraction of sp³-hybridized carbons (Fsp3) is 0.579. The monoisotopic (exact) mass is 329 g/mol. The number of anilines is 1. The summed E-state index contributed by atoms with van der Waals surface area (Å²) in [6.07, 6.45) is 8.12. The molecule has 0 bridgehead atoms. The SMILES string of the molecule is O=C(COC(=O)Nc1c2c(cc3c1CCC3)CCC2)OCC1CC1. The normalized spacial score (nSPS) is 18.0. The molecule has 4 rings (SSSR count). The van der Waals surface area contributed by atoms with Gasteiger partial charge >= 0.3 is 12.1 Å². The number of benzene rings is 1. The molecule has 1 saturated carbocycles. The van der Waals surface area contributed by atoms with Gasteiger partial charge in [0.15, 0.2) is 6.61 Å². The molecule has 24 heavy (non-hydrogen) atoms. The molecule has 1 N–H and O–H groups in total. The Balaban J connectivity index is 1.38. The van der Waals surface area contributed by atoms with E-state index in [2.05, 4.69) is 11.4 Å². The van der Waals surface area contributed by atoms with Crippen molar-refractivity contribution in [2.75, 3.05) is 18.5 Å². The molecule has 3 aliphatic carbocycles. The molecule has 0 heterocycles. The van der Waals surface area contributed by atoms with Crippen LogP contribution in [0.4, 0.5) is 10.5 Å². The molecule has 5 nitrogen and oxygen atoms in total. The van der Waals surface area contributed by atoms with Crippen LogP contribution in [0, 0.1) is 5.92 Å². The largest absolute Gasteiger partial charge is 0.463 e. The first-order valence-corrected chi connectivity index (χ1v) is 8.96. The maximum atomic E-state index is 12.1. The molecule has 0 aliphatic heterocycles. The lowest BCUT2D eigenvalue weighted by molar-refractivity contribution is -0.147. The molecule has 0 spiro atoms. The molecule has 1 aromatic carbocycles. The number of carbonyl (C=O) groups excluding carboxylic acids is 2. The molecule has 0 saturated heterocycles. The molecule has 0 unspecified atom stereocenters. The van der Waals surface area contributed by atoms with Crippen LogP contribution in [0.25, 0.3) is 0 Å². The molecule has 1 fully saturated rings. The molecule has 128 valence electrons. The van der Waals surface area contributed by atoms with Crippen LogP contribution in [0.5, 0.6) is 0 Å². The lowest BCUT2D eigenvalue weighted by Crippen LogP contribution is -2.22. The van der Waals surface area contributed by atoms with Crippen molar-refractivity contribution >= 4 is 17.7 Å². The van der Waals surface area contributed by atoms with Gasteiger partial charge in [0.05, 0.1) is 12.3 Å². The molecular weight excluding hydrogens is 306 g/mol. The van der Waals surface area contributed by atoms with Crippen LogP contribution < -0.4 is 5.32 Å². The van der Waals surface area contributed by atoms with E-state index in [0.29, 0.717) is 12.5 Å². The highest BCUT2D eigenvalue weighted by molar-refractivity contribution is 5.89. The van der Waals surface area contributed by atoms with E-state index in [9.17, 15) is 9.59 Å². The summed E-state index contributed by atoms with van der Waals surface area (Å²) in [5.41, 5.74) is 6.16. The van der Waals surface area contributed by atoms with Crippen LogP contribution in [0.3, 0.4) is 0 Å². The van der Waals surface area contributed by atoms with Gasteiger partial charge in [-0.25, -0.2) is 9.59 Å². The molecular formula is C19H23NO4. The highest BCUT2D eigenvalue weighted by atomic mass is 16.6. The minimum atomic E-state index is -0.562. The lowest BCUT2D eigenvalue weighted by atomic mass is 9.99. The van der Waals surface area contributed by atoms with Gasteiger partial charge in [-0.1, -0.05) is 6.07 Å². The lowest BCUT2D eigenvalue weighted by Gasteiger charge is -2.16. The summed E-state index contributed by atoms with van der Waals surface area (Å²) in [5.74, 6) is 0.0397. The maximum Gasteiger partial charge on any atom is 0.412 e. The van der Waals surface area contributed by atoms with E-state index in [1.165, 1.54) is 22.3 Å². The van der Waals surface area contributed by atoms with Gasteiger partial charge in [-0.05, 0) is 79.5 Å². The van der Waals surface area contributed by atoms with E-state index in [0.717, 1.165) is 57.1 Å². The first-order chi connectivity index (χ1) is 11.7. The van der Waals surface area contributed by atoms with Gasteiger partial charge in [-0.3, -0.25) is 5.32 Å². The van der Waals surface area contributed by atoms with Gasteiger partial charge < -0.3 is 9.47 Å². The third-order valence-electron chi connectivity index (χ3n) is 5.20. The van der Waals surface area contributed by atoms with Crippen LogP contribution >= 0.6 is 0 Å². The van der Waals surface area contributed by atoms with Crippen LogP contribution in [0.2, 0.25) is 0 Å². The standard InChI is InChI=1S/C19H23NO4/c21-17(23-10-12-7-8-12)11-24-19(22)20-18-15-5-1-3-13(15)9-14-4-2-6-16(14)18/h9,12H,1-8,10-11H2,(H,20,22). The number of fused-ring (bicyclic) bond motifs is 2. The number of hydrogen-bond acceptors (Lipinski definition) is 4. The number of esters is 1. The Hall–Kier alpha value is -2.04. The number of amides is 1. The average Bonchev–Trinajstić information content (AvgIpc) is 3.07. The van der Waals surface area contributed by atoms with Crippen molar-refractivity contribution in [3.63, 3.8) is 0 Å². The van der Waals surface area contributed by atoms with E-state index >= 15 is 0 Å². The van der Waals surface area contributed by atoms with Crippen molar-refractivity contribution in [1.82, 2.24) is 0 Å². The Morgan fingerprint density at radius 1 is 1.00 bits per heavy atom. The van der Waals surface area contributed by atoms with E-state index in [1.54, 1.807) is 0 Å². The number of rotatable bonds is 5. The van der Waals surface area contributed by atoms with Gasteiger partial charge in [0.1, 0.15) is 0 Å². The zero-order valence-corrected chi connectivity index (χ0v) is 13.9. The van der Waals surface area contributed by atoms with Crippen molar-refractivity contribution in [1.29, 1.82) is 0 Å². The summed E-state index contributed by atoms with van der Waals surface area (Å²) in [7, 11) is 0. The quantitative estimate of drug-likeness (QED) is 0.843. The van der Waals surface area contributed by atoms with Crippen molar-refractivity contribution in [2.45, 2.75) is 51.4 Å². The summed E-state index contributed by atoms with van der Waals surface area (Å²) < 4.78 is 10.1. The van der Waals surface area contributed by atoms with Gasteiger partial charge in [0.25, 0.3) is 0 Å². The Labute approximate surface area is 141 Å². The second-order valence-corrected chi connectivity index (χ2v) is 7.06. The van der Waals surface area contributed by atoms with Crippen molar-refractivity contribution in [3.8, 4) is 0 Å². The van der Waals surface area contributed by atoms with E-state index in [1.807, 2.05) is 0 Å². The number of carbonyl (C=O) groups is 2. The first kappa shape index (κ1) is 15.5. The van der Waals surface area contributed by atoms with E-state index in [-0.39, 0.29) is 6.61 Å². The molecule has 0 radical (unpaired) electrons. The molecule has 5 heteroatoms. The summed E-state index contributed by atoms with van der Waals surface area (Å²) in [6.45, 7) is 0.124. The second kappa shape index (κ2) is 6.46. The van der Waals surface area contributed by atoms with Crippen LogP contribution in [-0.4, -0.2) is 25.3 Å². The minimum absolute atomic E-state index is 0.324. The highest BCUT2D eigenvalue weighted by Gasteiger charge is 2.26. The summed E-state index contributed by atoms with van der Waals surface area (Å²) in [5, 5.41) is 2.91. The third kappa shape index (κ3) is 3.25. The van der Waals surface area contributed by atoms with E-state index in [4.69, 9.17) is 9.47 Å². The number of nitrogens with one attached hydrogen (secondary N) is 1. The predicted octanol–water partition coefficient (Wildman–Crippen LogP) is 3.17. The van der Waals surface area contributed by atoms with Crippen LogP contribution in [0.15, 0.2) is 6.07 Å². The minimum Gasteiger partial charge on any atom is -0.463 e. The van der Waals surface area contributed by atoms with Crippen molar-refractivity contribution in [2.24, 2.45) is 5.92 Å². The topological polar surface area (TPSA) is 64.6 Å². The maximum absolute atomic E-state index is 12.1. The predicted molar refractivity (Wildman–Crippen MR) is 89.1 cm³/mol. The molecule has 0 aromatic heterocycles. The second-order valence-electron chi connectivity index (χ2n) is 7.06. The number of aryl methyl sites for hydroxylation is 2. The van der Waals surface area contributed by atoms with Crippen molar-refractivity contribution in [3.05, 3.63) is 28.3 Å². The summed E-state index contributed by atoms with van der Waals surface area (Å²) in [4.78, 5) is 23.7. The smallest absolute Gasteiger partial charge is 0.412 e. The molecule has 1 amide bonds.